The fraction of sp³-hybridized carbons (Fsp3) is 0.421. The van der Waals surface area contributed by atoms with Gasteiger partial charge in [-0.05, 0) is 94.4 Å². The number of aromatic nitrogens is 1. The molecule has 1 aliphatic heterocycles. The largest absolute Gasteiger partial charge is 0.691 e. The molecule has 0 unspecified atom stereocenters. The van der Waals surface area contributed by atoms with Gasteiger partial charge in [0.15, 0.2) is 6.54 Å². The van der Waals surface area contributed by atoms with Crippen molar-refractivity contribution in [3.05, 3.63) is 93.6 Å². The second kappa shape index (κ2) is 17.7. The first-order chi connectivity index (χ1) is 23.7. The molecule has 0 bridgehead atoms. The number of hydrogen-bond acceptors (Lipinski definition) is 9. The topological polar surface area (TPSA) is 78.2 Å². The molecule has 3 aromatic rings. The van der Waals surface area contributed by atoms with Crippen LogP contribution in [-0.2, 0) is 20.7 Å². The van der Waals surface area contributed by atoms with Crippen LogP contribution in [0, 0.1) is 0 Å². The zero-order valence-corrected chi connectivity index (χ0v) is 31.6. The molecular weight excluding hydrogens is 675 g/mol. The van der Waals surface area contributed by atoms with Gasteiger partial charge in [0.1, 0.15) is 10.3 Å². The number of benzene rings is 2. The monoisotopic (exact) mass is 721 g/mol. The van der Waals surface area contributed by atoms with Crippen LogP contribution in [0.1, 0.15) is 77.6 Å². The van der Waals surface area contributed by atoms with Crippen molar-refractivity contribution in [1.29, 1.82) is 0 Å². The highest BCUT2D eigenvalue weighted by atomic mass is 32.2. The average Bonchev–Trinajstić information content (AvgIpc) is 3.76. The molecule has 0 saturated carbocycles. The minimum absolute atomic E-state index is 0.362. The summed E-state index contributed by atoms with van der Waals surface area (Å²) < 4.78 is 14.0. The molecule has 0 fully saturated rings. The smallest absolute Gasteiger partial charge is 0.414 e. The number of unbranched alkanes of at least 4 members (excludes halogenated alkanes) is 3. The fourth-order valence-corrected chi connectivity index (χ4v) is 8.66. The molecule has 49 heavy (non-hydrogen) atoms. The summed E-state index contributed by atoms with van der Waals surface area (Å²) in [4.78, 5) is 18.7. The van der Waals surface area contributed by atoms with E-state index >= 15 is 0 Å². The second-order valence-electron chi connectivity index (χ2n) is 13.1. The van der Waals surface area contributed by atoms with E-state index in [0.29, 0.717) is 5.75 Å². The van der Waals surface area contributed by atoms with Gasteiger partial charge in [0.2, 0.25) is 5.52 Å². The van der Waals surface area contributed by atoms with Crippen molar-refractivity contribution in [2.24, 2.45) is 0 Å². The normalized spacial score (nSPS) is 16.6. The van der Waals surface area contributed by atoms with Crippen LogP contribution >= 0.6 is 35.1 Å². The molecule has 0 saturated heterocycles. The molecule has 262 valence electrons. The van der Waals surface area contributed by atoms with Crippen LogP contribution in [0.15, 0.2) is 93.5 Å². The van der Waals surface area contributed by atoms with E-state index in [4.69, 9.17) is 4.74 Å². The number of thioether (sulfide) groups is 1. The standard InChI is InChI=1S/C38H47N3O5S3/c1-6-7-12-25-40-30-15-8-10-17-32(30)48-34(40)23-21-28-19-20-29(36(28)39(5)37(42)44-38(2,3)4)22-24-35-41(26-13-14-27-47-46-45-43)31-16-9-11-18-33(31)49-35/h8-11,15-18,21-24H,6-7,12-14,19-20,25-27H2,1-5H3. The number of rotatable bonds is 15. The number of likely N-dealkylation sites (N-methyl/N-ethyl adjacent to an activating group) is 1. The predicted molar refractivity (Wildman–Crippen MR) is 201 cm³/mol. The number of para-hydroxylation sites is 2. The molecule has 5 rings (SSSR count). The van der Waals surface area contributed by atoms with E-state index in [1.165, 1.54) is 38.6 Å². The zero-order chi connectivity index (χ0) is 34.8. The molecule has 0 atom stereocenters. The molecule has 2 aromatic carbocycles. The highest BCUT2D eigenvalue weighted by Crippen LogP contribution is 2.46. The first-order valence-electron chi connectivity index (χ1n) is 17.0. The highest BCUT2D eigenvalue weighted by Gasteiger charge is 2.30. The summed E-state index contributed by atoms with van der Waals surface area (Å²) in [5.41, 5.74) is 4.99. The van der Waals surface area contributed by atoms with Crippen molar-refractivity contribution < 1.29 is 28.7 Å². The van der Waals surface area contributed by atoms with E-state index in [-0.39, 0.29) is 6.09 Å². The highest BCUT2D eigenvalue weighted by molar-refractivity contribution is 8.03. The summed E-state index contributed by atoms with van der Waals surface area (Å²) in [6.45, 7) is 9.75. The average molecular weight is 722 g/mol. The maximum atomic E-state index is 13.5. The lowest BCUT2D eigenvalue weighted by Crippen LogP contribution is -2.35. The Morgan fingerprint density at radius 2 is 1.84 bits per heavy atom. The number of ether oxygens (including phenoxy) is 1. The number of carbonyl (C=O) groups excluding carboxylic acids is 1. The van der Waals surface area contributed by atoms with Crippen LogP contribution in [0.5, 0.6) is 0 Å². The number of allylic oxidation sites excluding steroid dienone is 5. The number of carbonyl (C=O) groups is 1. The first kappa shape index (κ1) is 37.2. The third kappa shape index (κ3) is 9.80. The fourth-order valence-electron chi connectivity index (χ4n) is 6.05. The molecule has 0 N–H and O–H groups in total. The Labute approximate surface area is 303 Å². The van der Waals surface area contributed by atoms with E-state index in [0.717, 1.165) is 79.1 Å². The van der Waals surface area contributed by atoms with Crippen LogP contribution in [0.2, 0.25) is 0 Å². The molecule has 1 aromatic heterocycles. The van der Waals surface area contributed by atoms with Gasteiger partial charge in [-0.25, -0.2) is 4.79 Å². The summed E-state index contributed by atoms with van der Waals surface area (Å²) in [6, 6.07) is 17.1. The van der Waals surface area contributed by atoms with E-state index in [9.17, 15) is 10.1 Å². The molecule has 1 amide bonds. The third-order valence-corrected chi connectivity index (χ3v) is 11.2. The Hall–Kier alpha value is -3.06. The zero-order valence-electron chi connectivity index (χ0n) is 29.1. The van der Waals surface area contributed by atoms with Crippen molar-refractivity contribution in [3.8, 4) is 0 Å². The minimum Gasteiger partial charge on any atom is -0.691 e. The van der Waals surface area contributed by atoms with Crippen LogP contribution < -0.4 is 14.7 Å². The number of fused-ring (bicyclic) bond motifs is 2. The third-order valence-electron chi connectivity index (χ3n) is 8.32. The number of amides is 1. The Morgan fingerprint density at radius 1 is 1.04 bits per heavy atom. The van der Waals surface area contributed by atoms with Gasteiger partial charge in [-0.15, -0.1) is 0 Å². The van der Waals surface area contributed by atoms with E-state index in [1.807, 2.05) is 39.2 Å². The molecule has 0 radical (unpaired) electrons. The number of anilines is 1. The van der Waals surface area contributed by atoms with Gasteiger partial charge in [-0.2, -0.15) is 8.90 Å². The van der Waals surface area contributed by atoms with Gasteiger partial charge in [-0.1, -0.05) is 66.8 Å². The van der Waals surface area contributed by atoms with Gasteiger partial charge in [0.25, 0.3) is 5.01 Å². The first-order valence-corrected chi connectivity index (χ1v) is 19.6. The lowest BCUT2D eigenvalue weighted by atomic mass is 10.1. The lowest BCUT2D eigenvalue weighted by Gasteiger charge is -2.26. The van der Waals surface area contributed by atoms with Crippen LogP contribution in [0.4, 0.5) is 10.5 Å². The number of aryl methyl sites for hydroxylation is 1. The van der Waals surface area contributed by atoms with Gasteiger partial charge in [0, 0.05) is 54.8 Å². The van der Waals surface area contributed by atoms with Gasteiger partial charge >= 0.3 is 6.09 Å². The Morgan fingerprint density at radius 3 is 2.63 bits per heavy atom. The minimum atomic E-state index is -0.604. The number of thiazole rings is 1. The van der Waals surface area contributed by atoms with Crippen molar-refractivity contribution in [2.75, 3.05) is 24.2 Å². The SMILES string of the molecule is CCCCC[n+]1c(/C=C/C2=C(N(C)C(=O)OC(C)(C)C)C(=C/C=C3\Sc4ccccc4N3CCCCSOO[O-])/CC2)sc2ccccc21. The summed E-state index contributed by atoms with van der Waals surface area (Å²) in [6.07, 6.45) is 15.4. The lowest BCUT2D eigenvalue weighted by molar-refractivity contribution is -0.777. The van der Waals surface area contributed by atoms with Gasteiger partial charge in [0.05, 0.1) is 16.4 Å². The van der Waals surface area contributed by atoms with Crippen molar-refractivity contribution in [1.82, 2.24) is 4.90 Å². The number of nitrogens with zero attached hydrogens (tertiary/aromatic N) is 3. The molecule has 1 aliphatic carbocycles. The summed E-state index contributed by atoms with van der Waals surface area (Å²) in [5.74, 6) is 0.676. The summed E-state index contributed by atoms with van der Waals surface area (Å²) in [7, 11) is 1.82. The van der Waals surface area contributed by atoms with Crippen LogP contribution in [0.25, 0.3) is 16.3 Å². The van der Waals surface area contributed by atoms with E-state index < -0.39 is 5.60 Å². The van der Waals surface area contributed by atoms with E-state index in [2.05, 4.69) is 98.6 Å². The molecule has 0 spiro atoms. The Balaban J connectivity index is 1.46. The molecule has 2 heterocycles. The maximum Gasteiger partial charge on any atom is 0.414 e. The van der Waals surface area contributed by atoms with Gasteiger partial charge < -0.3 is 14.9 Å². The molecule has 2 aliphatic rings. The Kier molecular flexibility index (Phi) is 13.5. The van der Waals surface area contributed by atoms with Gasteiger partial charge in [-0.3, -0.25) is 9.94 Å². The molecule has 11 heteroatoms. The quantitative estimate of drug-likeness (QED) is 0.0505. The van der Waals surface area contributed by atoms with Crippen molar-refractivity contribution in [2.45, 2.75) is 89.7 Å². The number of hydrogen-bond donors (Lipinski definition) is 0. The van der Waals surface area contributed by atoms with Crippen LogP contribution in [-0.4, -0.2) is 35.9 Å². The van der Waals surface area contributed by atoms with Crippen LogP contribution in [0.3, 0.4) is 0 Å². The molecule has 8 nitrogen and oxygen atoms in total. The summed E-state index contributed by atoms with van der Waals surface area (Å²) >= 11 is 4.60. The second-order valence-corrected chi connectivity index (χ2v) is 16.0. The molecular formula is C38H47N3O5S3. The maximum absolute atomic E-state index is 13.5. The van der Waals surface area contributed by atoms with E-state index in [1.54, 1.807) is 16.7 Å². The van der Waals surface area contributed by atoms with Crippen molar-refractivity contribution in [3.63, 3.8) is 0 Å². The summed E-state index contributed by atoms with van der Waals surface area (Å²) in [5, 5.41) is 15.9. The van der Waals surface area contributed by atoms with Crippen molar-refractivity contribution >= 4 is 63.2 Å². The Bertz CT molecular complexity index is 1720. The predicted octanol–water partition coefficient (Wildman–Crippen LogP) is 9.34.